The van der Waals surface area contributed by atoms with Crippen molar-refractivity contribution >= 4 is 0 Å². The normalized spacial score (nSPS) is 15.4. The molecule has 0 aromatic heterocycles. The highest BCUT2D eigenvalue weighted by molar-refractivity contribution is 5.29. The summed E-state index contributed by atoms with van der Waals surface area (Å²) in [4.78, 5) is 0. The molecule has 0 spiro atoms. The van der Waals surface area contributed by atoms with Crippen molar-refractivity contribution in [2.45, 2.75) is 59.8 Å². The van der Waals surface area contributed by atoms with Crippen LogP contribution in [-0.4, -0.2) is 5.11 Å². The minimum absolute atomic E-state index is 0.306. The highest BCUT2D eigenvalue weighted by atomic mass is 16.3. The zero-order valence-corrected chi connectivity index (χ0v) is 12.5. The minimum atomic E-state index is 0.306. The highest BCUT2D eigenvalue weighted by Gasteiger charge is 2.30. The summed E-state index contributed by atoms with van der Waals surface area (Å²) in [6, 6.07) is 7.79. The molecule has 0 aliphatic rings. The van der Waals surface area contributed by atoms with E-state index in [1.54, 1.807) is 0 Å². The molecule has 0 saturated carbocycles. The fourth-order valence-corrected chi connectivity index (χ4v) is 2.43. The van der Waals surface area contributed by atoms with Gasteiger partial charge in [-0.3, -0.25) is 0 Å². The smallest absolute Gasteiger partial charge is 0.115 e. The van der Waals surface area contributed by atoms with Crippen molar-refractivity contribution in [2.75, 3.05) is 0 Å². The Balaban J connectivity index is 3.00. The van der Waals surface area contributed by atoms with Crippen LogP contribution in [0.15, 0.2) is 24.3 Å². The van der Waals surface area contributed by atoms with E-state index >= 15 is 0 Å². The minimum Gasteiger partial charge on any atom is -0.508 e. The lowest BCUT2D eigenvalue weighted by Gasteiger charge is -2.35. The number of benzene rings is 1. The summed E-state index contributed by atoms with van der Waals surface area (Å²) in [6.07, 6.45) is 3.63. The summed E-state index contributed by atoms with van der Waals surface area (Å²) in [7, 11) is 0. The van der Waals surface area contributed by atoms with Crippen LogP contribution in [0, 0.1) is 11.3 Å². The largest absolute Gasteiger partial charge is 0.508 e. The Hall–Kier alpha value is -0.980. The van der Waals surface area contributed by atoms with Crippen LogP contribution < -0.4 is 0 Å². The van der Waals surface area contributed by atoms with E-state index in [0.717, 1.165) is 5.92 Å². The summed E-state index contributed by atoms with van der Waals surface area (Å²) in [5, 5.41) is 9.43. The molecular weight excluding hydrogens is 220 g/mol. The van der Waals surface area contributed by atoms with Crippen molar-refractivity contribution in [3.63, 3.8) is 0 Å². The fraction of sp³-hybridized carbons (Fsp3) is 0.647. The van der Waals surface area contributed by atoms with Gasteiger partial charge in [0.1, 0.15) is 5.75 Å². The molecule has 0 saturated heterocycles. The lowest BCUT2D eigenvalue weighted by molar-refractivity contribution is 0.236. The van der Waals surface area contributed by atoms with Gasteiger partial charge in [0.05, 0.1) is 0 Å². The van der Waals surface area contributed by atoms with Gasteiger partial charge in [0, 0.05) is 0 Å². The van der Waals surface area contributed by atoms with E-state index in [-0.39, 0.29) is 0 Å². The second kappa shape index (κ2) is 6.26. The molecule has 1 N–H and O–H groups in total. The van der Waals surface area contributed by atoms with Gasteiger partial charge in [0.25, 0.3) is 0 Å². The average Bonchev–Trinajstić information content (AvgIpc) is 2.36. The Kier molecular flexibility index (Phi) is 5.25. The molecule has 0 radical (unpaired) electrons. The molecule has 18 heavy (non-hydrogen) atoms. The van der Waals surface area contributed by atoms with Crippen molar-refractivity contribution in [3.05, 3.63) is 29.8 Å². The molecule has 2 unspecified atom stereocenters. The van der Waals surface area contributed by atoms with Gasteiger partial charge in [-0.25, -0.2) is 0 Å². The monoisotopic (exact) mass is 248 g/mol. The Morgan fingerprint density at radius 3 is 2.11 bits per heavy atom. The van der Waals surface area contributed by atoms with E-state index < -0.39 is 0 Å². The zero-order valence-electron chi connectivity index (χ0n) is 12.5. The number of aromatic hydroxyl groups is 1. The second-order valence-corrected chi connectivity index (χ2v) is 6.24. The molecule has 1 aromatic rings. The molecule has 0 amide bonds. The van der Waals surface area contributed by atoms with E-state index in [1.807, 2.05) is 12.1 Å². The van der Waals surface area contributed by atoms with Gasteiger partial charge in [-0.1, -0.05) is 59.6 Å². The van der Waals surface area contributed by atoms with E-state index in [0.29, 0.717) is 17.1 Å². The fourth-order valence-electron chi connectivity index (χ4n) is 2.43. The zero-order chi connectivity index (χ0) is 13.8. The van der Waals surface area contributed by atoms with Crippen LogP contribution in [0.5, 0.6) is 5.75 Å². The maximum atomic E-state index is 9.43. The quantitative estimate of drug-likeness (QED) is 0.719. The van der Waals surface area contributed by atoms with Crippen molar-refractivity contribution < 1.29 is 5.11 Å². The van der Waals surface area contributed by atoms with Crippen LogP contribution in [0.25, 0.3) is 0 Å². The first-order chi connectivity index (χ1) is 8.40. The Morgan fingerprint density at radius 2 is 1.67 bits per heavy atom. The first-order valence-corrected chi connectivity index (χ1v) is 7.19. The second-order valence-electron chi connectivity index (χ2n) is 6.24. The van der Waals surface area contributed by atoms with Crippen LogP contribution in [0.3, 0.4) is 0 Å². The average molecular weight is 248 g/mol. The maximum absolute atomic E-state index is 9.43. The van der Waals surface area contributed by atoms with Crippen LogP contribution in [-0.2, 0) is 0 Å². The summed E-state index contributed by atoms with van der Waals surface area (Å²) in [5.74, 6) is 1.67. The summed E-state index contributed by atoms with van der Waals surface area (Å²) in [5.41, 5.74) is 1.67. The topological polar surface area (TPSA) is 20.2 Å². The lowest BCUT2D eigenvalue weighted by atomic mass is 9.69. The van der Waals surface area contributed by atoms with Crippen LogP contribution in [0.4, 0.5) is 0 Å². The van der Waals surface area contributed by atoms with Gasteiger partial charge in [-0.2, -0.15) is 0 Å². The summed E-state index contributed by atoms with van der Waals surface area (Å²) in [6.45, 7) is 11.6. The molecule has 0 aliphatic carbocycles. The van der Waals surface area contributed by atoms with Gasteiger partial charge < -0.3 is 5.11 Å². The third-order valence-electron chi connectivity index (χ3n) is 4.49. The van der Waals surface area contributed by atoms with E-state index in [2.05, 4.69) is 46.8 Å². The van der Waals surface area contributed by atoms with Gasteiger partial charge in [-0.05, 0) is 41.4 Å². The standard InChI is InChI=1S/C17H28O/c1-6-13(3)12-16(17(4,5)7-2)14-8-10-15(18)11-9-14/h8-11,13,16,18H,6-7,12H2,1-5H3. The van der Waals surface area contributed by atoms with Crippen LogP contribution in [0.1, 0.15) is 65.4 Å². The molecule has 0 bridgehead atoms. The number of hydrogen-bond acceptors (Lipinski definition) is 1. The van der Waals surface area contributed by atoms with E-state index in [9.17, 15) is 5.11 Å². The molecule has 0 heterocycles. The number of hydrogen-bond donors (Lipinski definition) is 1. The molecule has 1 nitrogen and oxygen atoms in total. The summed E-state index contributed by atoms with van der Waals surface area (Å²) < 4.78 is 0. The third kappa shape index (κ3) is 3.76. The van der Waals surface area contributed by atoms with Crippen molar-refractivity contribution in [1.82, 2.24) is 0 Å². The molecular formula is C17H28O. The summed E-state index contributed by atoms with van der Waals surface area (Å²) >= 11 is 0. The number of phenols is 1. The molecule has 1 heteroatoms. The van der Waals surface area contributed by atoms with Crippen molar-refractivity contribution in [3.8, 4) is 5.75 Å². The van der Waals surface area contributed by atoms with Gasteiger partial charge in [0.15, 0.2) is 0 Å². The van der Waals surface area contributed by atoms with Crippen molar-refractivity contribution in [2.24, 2.45) is 11.3 Å². The Bertz CT molecular complexity index is 350. The van der Waals surface area contributed by atoms with Gasteiger partial charge in [-0.15, -0.1) is 0 Å². The first kappa shape index (κ1) is 15.1. The van der Waals surface area contributed by atoms with E-state index in [4.69, 9.17) is 0 Å². The predicted molar refractivity (Wildman–Crippen MR) is 79.0 cm³/mol. The highest BCUT2D eigenvalue weighted by Crippen LogP contribution is 2.43. The number of phenolic OH excluding ortho intramolecular Hbond substituents is 1. The first-order valence-electron chi connectivity index (χ1n) is 7.19. The Labute approximate surface area is 112 Å². The molecule has 2 atom stereocenters. The van der Waals surface area contributed by atoms with Crippen LogP contribution >= 0.6 is 0 Å². The SMILES string of the molecule is CCC(C)CC(c1ccc(O)cc1)C(C)(C)CC. The molecule has 102 valence electrons. The predicted octanol–water partition coefficient (Wildman–Crippen LogP) is 5.35. The maximum Gasteiger partial charge on any atom is 0.115 e. The molecule has 1 rings (SSSR count). The number of rotatable bonds is 6. The van der Waals surface area contributed by atoms with Gasteiger partial charge in [0.2, 0.25) is 0 Å². The lowest BCUT2D eigenvalue weighted by Crippen LogP contribution is -2.23. The molecule has 0 fully saturated rings. The van der Waals surface area contributed by atoms with Gasteiger partial charge >= 0.3 is 0 Å². The molecule has 0 aliphatic heterocycles. The Morgan fingerprint density at radius 1 is 1.11 bits per heavy atom. The molecule has 1 aromatic carbocycles. The van der Waals surface area contributed by atoms with Crippen molar-refractivity contribution in [1.29, 1.82) is 0 Å². The third-order valence-corrected chi connectivity index (χ3v) is 4.49. The van der Waals surface area contributed by atoms with Crippen LogP contribution in [0.2, 0.25) is 0 Å². The van der Waals surface area contributed by atoms with E-state index in [1.165, 1.54) is 24.8 Å².